The quantitative estimate of drug-likeness (QED) is 0.462. The van der Waals surface area contributed by atoms with Crippen LogP contribution in [0, 0.1) is 0 Å². The van der Waals surface area contributed by atoms with E-state index < -0.39 is 0 Å². The van der Waals surface area contributed by atoms with Crippen molar-refractivity contribution in [2.75, 3.05) is 32.7 Å². The van der Waals surface area contributed by atoms with Crippen molar-refractivity contribution in [2.24, 2.45) is 0 Å². The van der Waals surface area contributed by atoms with Crippen LogP contribution in [0.2, 0.25) is 0 Å². The summed E-state index contributed by atoms with van der Waals surface area (Å²) in [5.74, 6) is 1.05. The molecule has 182 valence electrons. The molecule has 8 heteroatoms. The molecule has 0 spiro atoms. The molecule has 0 atom stereocenters. The van der Waals surface area contributed by atoms with Crippen LogP contribution in [0.3, 0.4) is 0 Å². The Hall–Kier alpha value is -3.26. The van der Waals surface area contributed by atoms with E-state index in [-0.39, 0.29) is 11.8 Å². The number of rotatable bonds is 11. The molecule has 0 unspecified atom stereocenters. The number of nitrogens with one attached hydrogen (secondary N) is 1. The molecule has 1 aliphatic rings. The Labute approximate surface area is 200 Å². The summed E-state index contributed by atoms with van der Waals surface area (Å²) in [6, 6.07) is 10.9. The highest BCUT2D eigenvalue weighted by Crippen LogP contribution is 2.16. The molecule has 34 heavy (non-hydrogen) atoms. The predicted molar refractivity (Wildman–Crippen MR) is 129 cm³/mol. The first-order valence-corrected chi connectivity index (χ1v) is 12.2. The average molecular weight is 467 g/mol. The number of amides is 2. The Kier molecular flexibility index (Phi) is 8.25. The summed E-state index contributed by atoms with van der Waals surface area (Å²) < 4.78 is 13.2. The summed E-state index contributed by atoms with van der Waals surface area (Å²) in [5, 5.41) is 2.96. The molecule has 3 aromatic heterocycles. The maximum atomic E-state index is 12.8. The largest absolute Gasteiger partial charge is 0.459 e. The van der Waals surface area contributed by atoms with E-state index in [0.717, 1.165) is 31.7 Å². The third kappa shape index (κ3) is 6.20. The van der Waals surface area contributed by atoms with Crippen molar-refractivity contribution in [3.63, 3.8) is 0 Å². The van der Waals surface area contributed by atoms with Gasteiger partial charge in [-0.2, -0.15) is 0 Å². The first-order valence-electron chi connectivity index (χ1n) is 12.2. The second-order valence-electron chi connectivity index (χ2n) is 8.76. The van der Waals surface area contributed by atoms with E-state index in [2.05, 4.69) is 10.2 Å². The van der Waals surface area contributed by atoms with E-state index in [1.807, 2.05) is 35.9 Å². The van der Waals surface area contributed by atoms with Crippen LogP contribution in [0.15, 0.2) is 57.7 Å². The van der Waals surface area contributed by atoms with Gasteiger partial charge in [-0.05, 0) is 68.8 Å². The van der Waals surface area contributed by atoms with Crippen molar-refractivity contribution in [2.45, 2.75) is 45.7 Å². The van der Waals surface area contributed by atoms with Gasteiger partial charge in [-0.3, -0.25) is 9.59 Å². The number of hydrogen-bond acceptors (Lipinski definition) is 5. The predicted octanol–water partition coefficient (Wildman–Crippen LogP) is 3.99. The SMILES string of the molecule is CCCN(Cc1cccn1Cc1ccc(C(=O)NCCN2CCCCC2)o1)C(=O)c1ccco1. The van der Waals surface area contributed by atoms with Crippen LogP contribution >= 0.6 is 0 Å². The molecule has 8 nitrogen and oxygen atoms in total. The molecule has 1 aliphatic heterocycles. The lowest BCUT2D eigenvalue weighted by Crippen LogP contribution is -2.37. The number of nitrogens with zero attached hydrogens (tertiary/aromatic N) is 3. The van der Waals surface area contributed by atoms with E-state index in [9.17, 15) is 9.59 Å². The second-order valence-corrected chi connectivity index (χ2v) is 8.76. The normalized spacial score (nSPS) is 14.3. The Morgan fingerprint density at radius 2 is 1.91 bits per heavy atom. The van der Waals surface area contributed by atoms with Crippen molar-refractivity contribution >= 4 is 11.8 Å². The van der Waals surface area contributed by atoms with Crippen molar-refractivity contribution in [1.82, 2.24) is 19.7 Å². The minimum absolute atomic E-state index is 0.124. The number of hydrogen-bond donors (Lipinski definition) is 1. The first-order chi connectivity index (χ1) is 16.6. The topological polar surface area (TPSA) is 83.9 Å². The molecule has 3 aromatic rings. The third-order valence-corrected chi connectivity index (χ3v) is 6.16. The molecular formula is C26H34N4O4. The van der Waals surface area contributed by atoms with E-state index in [4.69, 9.17) is 8.83 Å². The smallest absolute Gasteiger partial charge is 0.289 e. The van der Waals surface area contributed by atoms with E-state index in [1.54, 1.807) is 23.1 Å². The van der Waals surface area contributed by atoms with Crippen LogP contribution in [-0.4, -0.2) is 58.9 Å². The minimum atomic E-state index is -0.186. The van der Waals surface area contributed by atoms with E-state index >= 15 is 0 Å². The van der Waals surface area contributed by atoms with Crippen LogP contribution in [0.5, 0.6) is 0 Å². The molecule has 4 rings (SSSR count). The molecule has 0 aliphatic carbocycles. The Bertz CT molecular complexity index is 1050. The molecule has 1 fully saturated rings. The van der Waals surface area contributed by atoms with Crippen molar-refractivity contribution in [3.8, 4) is 0 Å². The number of carbonyl (C=O) groups is 2. The fraction of sp³-hybridized carbons (Fsp3) is 0.462. The lowest BCUT2D eigenvalue weighted by atomic mass is 10.1. The van der Waals surface area contributed by atoms with Gasteiger partial charge >= 0.3 is 0 Å². The summed E-state index contributed by atoms with van der Waals surface area (Å²) in [6.45, 7) is 7.34. The minimum Gasteiger partial charge on any atom is -0.459 e. The van der Waals surface area contributed by atoms with Crippen LogP contribution in [0.4, 0.5) is 0 Å². The molecule has 0 aromatic carbocycles. The Balaban J connectivity index is 1.33. The highest BCUT2D eigenvalue weighted by molar-refractivity contribution is 5.91. The number of aromatic nitrogens is 1. The third-order valence-electron chi connectivity index (χ3n) is 6.16. The van der Waals surface area contributed by atoms with Crippen molar-refractivity contribution in [1.29, 1.82) is 0 Å². The van der Waals surface area contributed by atoms with Crippen LogP contribution in [-0.2, 0) is 13.1 Å². The van der Waals surface area contributed by atoms with Gasteiger partial charge in [0.2, 0.25) is 0 Å². The zero-order valence-electron chi connectivity index (χ0n) is 19.9. The highest BCUT2D eigenvalue weighted by atomic mass is 16.4. The summed E-state index contributed by atoms with van der Waals surface area (Å²) in [6.07, 6.45) is 8.10. The van der Waals surface area contributed by atoms with Gasteiger partial charge in [0.1, 0.15) is 5.76 Å². The molecule has 1 N–H and O–H groups in total. The Morgan fingerprint density at radius 3 is 2.68 bits per heavy atom. The van der Waals surface area contributed by atoms with Crippen molar-refractivity contribution < 1.29 is 18.4 Å². The van der Waals surface area contributed by atoms with E-state index in [0.29, 0.717) is 43.5 Å². The zero-order chi connectivity index (χ0) is 23.8. The van der Waals surface area contributed by atoms with Gasteiger partial charge in [0.25, 0.3) is 11.8 Å². The summed E-state index contributed by atoms with van der Waals surface area (Å²) in [7, 11) is 0. The molecular weight excluding hydrogens is 432 g/mol. The van der Waals surface area contributed by atoms with Gasteiger partial charge in [0.05, 0.1) is 19.4 Å². The molecule has 1 saturated heterocycles. The van der Waals surface area contributed by atoms with Gasteiger partial charge in [0, 0.05) is 31.5 Å². The maximum Gasteiger partial charge on any atom is 0.289 e. The lowest BCUT2D eigenvalue weighted by Gasteiger charge is -2.26. The van der Waals surface area contributed by atoms with E-state index in [1.165, 1.54) is 25.5 Å². The molecule has 4 heterocycles. The van der Waals surface area contributed by atoms with Crippen LogP contribution in [0.25, 0.3) is 0 Å². The average Bonchev–Trinajstić information content (AvgIpc) is 3.62. The molecule has 2 amide bonds. The lowest BCUT2D eigenvalue weighted by molar-refractivity contribution is 0.0707. The summed E-state index contributed by atoms with van der Waals surface area (Å²) in [5.41, 5.74) is 0.984. The monoisotopic (exact) mass is 466 g/mol. The van der Waals surface area contributed by atoms with Gasteiger partial charge in [-0.25, -0.2) is 0 Å². The summed E-state index contributed by atoms with van der Waals surface area (Å²) >= 11 is 0. The highest BCUT2D eigenvalue weighted by Gasteiger charge is 2.20. The van der Waals surface area contributed by atoms with Gasteiger partial charge in [-0.1, -0.05) is 13.3 Å². The number of furan rings is 2. The maximum absolute atomic E-state index is 12.8. The summed E-state index contributed by atoms with van der Waals surface area (Å²) in [4.78, 5) is 29.5. The number of piperidine rings is 1. The molecule has 0 radical (unpaired) electrons. The van der Waals surface area contributed by atoms with Crippen LogP contribution < -0.4 is 5.32 Å². The number of carbonyl (C=O) groups excluding carboxylic acids is 2. The van der Waals surface area contributed by atoms with Crippen molar-refractivity contribution in [3.05, 3.63) is 71.8 Å². The standard InChI is InChI=1S/C26H34N4O4/c1-2-13-30(26(32)24-9-7-18-33-24)19-21-8-6-16-29(21)20-22-10-11-23(34-22)25(31)27-12-17-28-14-4-3-5-15-28/h6-11,16,18H,2-5,12-15,17,19-20H2,1H3,(H,27,31). The number of likely N-dealkylation sites (tertiary alicyclic amines) is 1. The fourth-order valence-corrected chi connectivity index (χ4v) is 4.37. The zero-order valence-corrected chi connectivity index (χ0v) is 19.9. The second kappa shape index (κ2) is 11.7. The first kappa shape index (κ1) is 23.9. The fourth-order valence-electron chi connectivity index (χ4n) is 4.37. The van der Waals surface area contributed by atoms with Gasteiger partial charge in [0.15, 0.2) is 11.5 Å². The van der Waals surface area contributed by atoms with Gasteiger partial charge in [-0.15, -0.1) is 0 Å². The Morgan fingerprint density at radius 1 is 1.06 bits per heavy atom. The molecule has 0 saturated carbocycles. The van der Waals surface area contributed by atoms with Crippen LogP contribution in [0.1, 0.15) is 65.2 Å². The van der Waals surface area contributed by atoms with Gasteiger partial charge < -0.3 is 28.5 Å². The molecule has 0 bridgehead atoms.